The number of carbonyl (C=O) groups excluding carboxylic acids is 2. The number of nitrogens with one attached hydrogen (secondary N) is 1. The van der Waals surface area contributed by atoms with E-state index in [0.29, 0.717) is 39.5 Å². The summed E-state index contributed by atoms with van der Waals surface area (Å²) in [6.45, 7) is 0.0118. The van der Waals surface area contributed by atoms with Gasteiger partial charge >= 0.3 is 5.97 Å². The number of carbonyl (C=O) groups is 2. The fourth-order valence-corrected chi connectivity index (χ4v) is 4.10. The number of hydrogen-bond donors (Lipinski definition) is 1. The molecule has 1 heterocycles. The normalized spacial score (nSPS) is 10.7. The Morgan fingerprint density at radius 1 is 0.816 bits per heavy atom. The van der Waals surface area contributed by atoms with Crippen molar-refractivity contribution in [3.8, 4) is 17.0 Å². The molecule has 1 aromatic heterocycles. The number of pyridine rings is 1. The molecule has 0 unspecified atom stereocenters. The number of halogens is 1. The number of rotatable bonds is 8. The third kappa shape index (κ3) is 5.99. The first-order valence-corrected chi connectivity index (χ1v) is 12.3. The highest BCUT2D eigenvalue weighted by molar-refractivity contribution is 6.33. The minimum Gasteiger partial charge on any atom is -0.489 e. The average molecular weight is 523 g/mol. The van der Waals surface area contributed by atoms with Crippen LogP contribution in [0.25, 0.3) is 22.2 Å². The fraction of sp³-hybridized carbons (Fsp3) is 0.0645. The number of nitrogens with zero attached hydrogens (tertiary/aromatic N) is 1. The molecule has 0 aliphatic carbocycles. The number of fused-ring (bicyclic) bond motifs is 1. The molecule has 0 bridgehead atoms. The van der Waals surface area contributed by atoms with Gasteiger partial charge in [-0.3, -0.25) is 4.79 Å². The van der Waals surface area contributed by atoms with E-state index >= 15 is 0 Å². The van der Waals surface area contributed by atoms with Crippen molar-refractivity contribution in [2.24, 2.45) is 0 Å². The van der Waals surface area contributed by atoms with Crippen molar-refractivity contribution in [3.63, 3.8) is 0 Å². The lowest BCUT2D eigenvalue weighted by atomic mass is 10.0. The smallest absolute Gasteiger partial charge is 0.339 e. The standard InChI is InChI=1S/C31H23ClN2O4/c32-26-11-5-7-13-28(26)34-30(35)20-38-31(36)25-18-29(33-27-12-6-4-10-24(25)27)22-14-16-23(17-15-22)37-19-21-8-2-1-3-9-21/h1-18H,19-20H2,(H,34,35). The zero-order valence-corrected chi connectivity index (χ0v) is 21.0. The highest BCUT2D eigenvalue weighted by atomic mass is 35.5. The van der Waals surface area contributed by atoms with E-state index in [1.54, 1.807) is 36.4 Å². The molecule has 0 aliphatic rings. The summed E-state index contributed by atoms with van der Waals surface area (Å²) in [6, 6.07) is 33.3. The first-order chi connectivity index (χ1) is 18.6. The molecule has 0 radical (unpaired) electrons. The van der Waals surface area contributed by atoms with Crippen molar-refractivity contribution in [1.29, 1.82) is 0 Å². The molecule has 5 aromatic rings. The van der Waals surface area contributed by atoms with Crippen molar-refractivity contribution in [3.05, 3.63) is 125 Å². The number of amides is 1. The SMILES string of the molecule is O=C(COC(=O)c1cc(-c2ccc(OCc3ccccc3)cc2)nc2ccccc12)Nc1ccccc1Cl. The van der Waals surface area contributed by atoms with Crippen LogP contribution in [0, 0.1) is 0 Å². The fourth-order valence-electron chi connectivity index (χ4n) is 3.91. The zero-order chi connectivity index (χ0) is 26.3. The van der Waals surface area contributed by atoms with Gasteiger partial charge in [-0.2, -0.15) is 0 Å². The summed E-state index contributed by atoms with van der Waals surface area (Å²) in [5.74, 6) is -0.388. The van der Waals surface area contributed by atoms with Gasteiger partial charge in [-0.25, -0.2) is 9.78 Å². The molecule has 0 spiro atoms. The minimum absolute atomic E-state index is 0.320. The Hall–Kier alpha value is -4.68. The Kier molecular flexibility index (Phi) is 7.62. The monoisotopic (exact) mass is 522 g/mol. The predicted molar refractivity (Wildman–Crippen MR) is 148 cm³/mol. The van der Waals surface area contributed by atoms with Crippen LogP contribution in [0.2, 0.25) is 5.02 Å². The largest absolute Gasteiger partial charge is 0.489 e. The maximum absolute atomic E-state index is 13.1. The Morgan fingerprint density at radius 2 is 1.53 bits per heavy atom. The number of aromatic nitrogens is 1. The van der Waals surface area contributed by atoms with Gasteiger partial charge in [-0.1, -0.05) is 72.3 Å². The van der Waals surface area contributed by atoms with Crippen molar-refractivity contribution < 1.29 is 19.1 Å². The molecule has 38 heavy (non-hydrogen) atoms. The molecule has 0 saturated heterocycles. The van der Waals surface area contributed by atoms with Gasteiger partial charge in [0.05, 0.1) is 27.5 Å². The van der Waals surface area contributed by atoms with E-state index in [1.807, 2.05) is 72.8 Å². The Labute approximate surface area is 224 Å². The first-order valence-electron chi connectivity index (χ1n) is 12.0. The third-order valence-corrected chi connectivity index (χ3v) is 6.15. The first kappa shape index (κ1) is 25.0. The highest BCUT2D eigenvalue weighted by Gasteiger charge is 2.17. The summed E-state index contributed by atoms with van der Waals surface area (Å²) in [7, 11) is 0. The molecule has 0 fully saturated rings. The van der Waals surface area contributed by atoms with Gasteiger partial charge in [-0.05, 0) is 54.1 Å². The predicted octanol–water partition coefficient (Wildman–Crippen LogP) is 6.93. The van der Waals surface area contributed by atoms with Crippen LogP contribution in [-0.4, -0.2) is 23.5 Å². The van der Waals surface area contributed by atoms with Crippen LogP contribution in [0.3, 0.4) is 0 Å². The van der Waals surface area contributed by atoms with Gasteiger partial charge < -0.3 is 14.8 Å². The Balaban J connectivity index is 1.32. The second kappa shape index (κ2) is 11.6. The van der Waals surface area contributed by atoms with E-state index in [2.05, 4.69) is 5.32 Å². The molecule has 1 amide bonds. The third-order valence-electron chi connectivity index (χ3n) is 5.82. The molecular weight excluding hydrogens is 500 g/mol. The Morgan fingerprint density at radius 3 is 2.32 bits per heavy atom. The van der Waals surface area contributed by atoms with E-state index in [1.165, 1.54) is 0 Å². The zero-order valence-electron chi connectivity index (χ0n) is 20.3. The average Bonchev–Trinajstić information content (AvgIpc) is 2.96. The molecule has 6 nitrogen and oxygen atoms in total. The molecule has 0 saturated carbocycles. The van der Waals surface area contributed by atoms with Gasteiger partial charge in [-0.15, -0.1) is 0 Å². The van der Waals surface area contributed by atoms with Gasteiger partial charge in [0.2, 0.25) is 0 Å². The van der Waals surface area contributed by atoms with Crippen LogP contribution >= 0.6 is 11.6 Å². The van der Waals surface area contributed by atoms with Crippen LogP contribution in [0.15, 0.2) is 109 Å². The second-order valence-corrected chi connectivity index (χ2v) is 8.88. The summed E-state index contributed by atoms with van der Waals surface area (Å²) < 4.78 is 11.2. The molecule has 188 valence electrons. The molecule has 7 heteroatoms. The molecular formula is C31H23ClN2O4. The number of benzene rings is 4. The topological polar surface area (TPSA) is 77.5 Å². The van der Waals surface area contributed by atoms with Crippen molar-refractivity contribution in [2.45, 2.75) is 6.61 Å². The van der Waals surface area contributed by atoms with E-state index in [0.717, 1.165) is 16.9 Å². The lowest BCUT2D eigenvalue weighted by molar-refractivity contribution is -0.119. The summed E-state index contributed by atoms with van der Waals surface area (Å²) in [5, 5.41) is 3.68. The number of anilines is 1. The maximum Gasteiger partial charge on any atom is 0.339 e. The number of hydrogen-bond acceptors (Lipinski definition) is 5. The number of para-hydroxylation sites is 2. The van der Waals surface area contributed by atoms with E-state index in [-0.39, 0.29) is 0 Å². The van der Waals surface area contributed by atoms with Gasteiger partial charge in [0.15, 0.2) is 6.61 Å². The van der Waals surface area contributed by atoms with E-state index in [9.17, 15) is 9.59 Å². The highest BCUT2D eigenvalue weighted by Crippen LogP contribution is 2.27. The number of ether oxygens (including phenoxy) is 2. The number of esters is 1. The lowest BCUT2D eigenvalue weighted by Crippen LogP contribution is -2.21. The van der Waals surface area contributed by atoms with E-state index < -0.39 is 18.5 Å². The van der Waals surface area contributed by atoms with Crippen LogP contribution in [0.4, 0.5) is 5.69 Å². The van der Waals surface area contributed by atoms with Crippen LogP contribution < -0.4 is 10.1 Å². The van der Waals surface area contributed by atoms with Gasteiger partial charge in [0.1, 0.15) is 12.4 Å². The van der Waals surface area contributed by atoms with Crippen LogP contribution in [0.1, 0.15) is 15.9 Å². The summed E-state index contributed by atoms with van der Waals surface area (Å²) in [6.07, 6.45) is 0. The second-order valence-electron chi connectivity index (χ2n) is 8.48. The molecule has 0 atom stereocenters. The molecule has 0 aliphatic heterocycles. The van der Waals surface area contributed by atoms with Crippen LogP contribution in [-0.2, 0) is 16.1 Å². The van der Waals surface area contributed by atoms with Crippen molar-refractivity contribution in [2.75, 3.05) is 11.9 Å². The maximum atomic E-state index is 13.1. The quantitative estimate of drug-likeness (QED) is 0.224. The van der Waals surface area contributed by atoms with Crippen molar-refractivity contribution >= 4 is 40.1 Å². The lowest BCUT2D eigenvalue weighted by Gasteiger charge is -2.11. The van der Waals surface area contributed by atoms with Gasteiger partial charge in [0, 0.05) is 10.9 Å². The Bertz CT molecular complexity index is 1590. The molecule has 5 rings (SSSR count). The summed E-state index contributed by atoms with van der Waals surface area (Å²) in [5.41, 5.74) is 3.90. The summed E-state index contributed by atoms with van der Waals surface area (Å²) in [4.78, 5) is 30.2. The van der Waals surface area contributed by atoms with Gasteiger partial charge in [0.25, 0.3) is 5.91 Å². The van der Waals surface area contributed by atoms with E-state index in [4.69, 9.17) is 26.1 Å². The van der Waals surface area contributed by atoms with Crippen LogP contribution in [0.5, 0.6) is 5.75 Å². The van der Waals surface area contributed by atoms with Crippen molar-refractivity contribution in [1.82, 2.24) is 4.98 Å². The molecule has 1 N–H and O–H groups in total. The summed E-state index contributed by atoms with van der Waals surface area (Å²) >= 11 is 6.09. The molecule has 4 aromatic carbocycles. The minimum atomic E-state index is -0.623.